The van der Waals surface area contributed by atoms with Crippen LogP contribution in [0.15, 0.2) is 36.7 Å². The summed E-state index contributed by atoms with van der Waals surface area (Å²) in [5.74, 6) is 0.399. The van der Waals surface area contributed by atoms with E-state index in [-0.39, 0.29) is 10.8 Å². The first kappa shape index (κ1) is 13.7. The van der Waals surface area contributed by atoms with Gasteiger partial charge in [0.15, 0.2) is 0 Å². The molecule has 2 aromatic rings. The molecule has 0 saturated heterocycles. The van der Waals surface area contributed by atoms with Gasteiger partial charge >= 0.3 is 0 Å². The van der Waals surface area contributed by atoms with E-state index in [0.29, 0.717) is 12.6 Å². The number of benzene rings is 1. The topological polar surface area (TPSA) is 17.0 Å². The molecule has 0 radical (unpaired) electrons. The Balaban J connectivity index is 1.78. The molecule has 1 saturated carbocycles. The molecular formula is C16H18ClFN2. The fourth-order valence-corrected chi connectivity index (χ4v) is 2.90. The predicted molar refractivity (Wildman–Crippen MR) is 79.5 cm³/mol. The molecule has 0 amide bonds. The number of rotatable bonds is 5. The summed E-state index contributed by atoms with van der Waals surface area (Å²) in [6, 6.07) is 7.51. The van der Waals surface area contributed by atoms with Crippen molar-refractivity contribution >= 4 is 11.6 Å². The molecule has 1 aromatic carbocycles. The van der Waals surface area contributed by atoms with Crippen molar-refractivity contribution in [3.05, 3.63) is 58.6 Å². The molecule has 1 aliphatic carbocycles. The van der Waals surface area contributed by atoms with Gasteiger partial charge in [0, 0.05) is 25.0 Å². The van der Waals surface area contributed by atoms with Crippen molar-refractivity contribution in [1.82, 2.24) is 9.88 Å². The lowest BCUT2D eigenvalue weighted by Gasteiger charge is -2.13. The molecule has 106 valence electrons. The lowest BCUT2D eigenvalue weighted by molar-refractivity contribution is 0.528. The highest BCUT2D eigenvalue weighted by molar-refractivity contribution is 6.31. The second kappa shape index (κ2) is 5.58. The summed E-state index contributed by atoms with van der Waals surface area (Å²) in [4.78, 5) is 0. The third-order valence-corrected chi connectivity index (χ3v) is 4.34. The van der Waals surface area contributed by atoms with Crippen LogP contribution < -0.4 is 5.32 Å². The highest BCUT2D eigenvalue weighted by Crippen LogP contribution is 2.40. The first-order valence-corrected chi connectivity index (χ1v) is 7.32. The molecule has 1 unspecified atom stereocenters. The van der Waals surface area contributed by atoms with Crippen LogP contribution in [0.2, 0.25) is 5.02 Å². The molecule has 1 aromatic heterocycles. The average molecular weight is 293 g/mol. The quantitative estimate of drug-likeness (QED) is 0.881. The summed E-state index contributed by atoms with van der Waals surface area (Å²) in [5, 5.41) is 3.60. The van der Waals surface area contributed by atoms with Crippen LogP contribution in [-0.2, 0) is 6.54 Å². The van der Waals surface area contributed by atoms with Crippen LogP contribution >= 0.6 is 11.6 Å². The largest absolute Gasteiger partial charge is 0.350 e. The molecule has 3 rings (SSSR count). The van der Waals surface area contributed by atoms with Crippen molar-refractivity contribution in [3.8, 4) is 0 Å². The van der Waals surface area contributed by atoms with Crippen LogP contribution in [0.5, 0.6) is 0 Å². The minimum Gasteiger partial charge on any atom is -0.350 e. The van der Waals surface area contributed by atoms with Crippen molar-refractivity contribution in [2.75, 3.05) is 7.05 Å². The number of hydrogen-bond acceptors (Lipinski definition) is 1. The summed E-state index contributed by atoms with van der Waals surface area (Å²) in [7, 11) is 2.00. The third-order valence-electron chi connectivity index (χ3n) is 3.92. The van der Waals surface area contributed by atoms with E-state index in [1.807, 2.05) is 19.3 Å². The summed E-state index contributed by atoms with van der Waals surface area (Å²) in [6.45, 7) is 0.595. The fraction of sp³-hybridized carbons (Fsp3) is 0.375. The SMILES string of the molecule is CNC(c1ccn(Cc2cccc(F)c2Cl)c1)C1CC1. The third kappa shape index (κ3) is 2.74. The maximum absolute atomic E-state index is 13.4. The number of nitrogens with one attached hydrogen (secondary N) is 1. The molecule has 20 heavy (non-hydrogen) atoms. The Kier molecular flexibility index (Phi) is 3.81. The minimum absolute atomic E-state index is 0.218. The van der Waals surface area contributed by atoms with Gasteiger partial charge in [-0.25, -0.2) is 4.39 Å². The van der Waals surface area contributed by atoms with Gasteiger partial charge in [-0.2, -0.15) is 0 Å². The lowest BCUT2D eigenvalue weighted by Crippen LogP contribution is -2.17. The van der Waals surface area contributed by atoms with Gasteiger partial charge in [-0.3, -0.25) is 0 Å². The van der Waals surface area contributed by atoms with Gasteiger partial charge < -0.3 is 9.88 Å². The summed E-state index contributed by atoms with van der Waals surface area (Å²) in [5.41, 5.74) is 2.10. The summed E-state index contributed by atoms with van der Waals surface area (Å²) in [6.07, 6.45) is 6.75. The van der Waals surface area contributed by atoms with E-state index in [0.717, 1.165) is 11.5 Å². The first-order valence-electron chi connectivity index (χ1n) is 6.95. The van der Waals surface area contributed by atoms with Gasteiger partial charge in [0.05, 0.1) is 5.02 Å². The summed E-state index contributed by atoms with van der Waals surface area (Å²) >= 11 is 6.00. The van der Waals surface area contributed by atoms with Crippen molar-refractivity contribution in [2.24, 2.45) is 5.92 Å². The number of hydrogen-bond donors (Lipinski definition) is 1. The van der Waals surface area contributed by atoms with Crippen LogP contribution in [0.1, 0.15) is 30.0 Å². The second-order valence-corrected chi connectivity index (χ2v) is 5.81. The zero-order valence-corrected chi connectivity index (χ0v) is 12.2. The smallest absolute Gasteiger partial charge is 0.142 e. The monoisotopic (exact) mass is 292 g/mol. The number of halogens is 2. The molecule has 4 heteroatoms. The van der Waals surface area contributed by atoms with Gasteiger partial charge in [0.25, 0.3) is 0 Å². The molecule has 0 aliphatic heterocycles. The zero-order chi connectivity index (χ0) is 14.1. The molecule has 1 N–H and O–H groups in total. The number of nitrogens with zero attached hydrogens (tertiary/aromatic N) is 1. The Hall–Kier alpha value is -1.32. The van der Waals surface area contributed by atoms with Gasteiger partial charge in [-0.05, 0) is 49.1 Å². The highest BCUT2D eigenvalue weighted by Gasteiger charge is 2.31. The van der Waals surface area contributed by atoms with E-state index in [4.69, 9.17) is 11.6 Å². The predicted octanol–water partition coefficient (Wildman–Crippen LogP) is 4.00. The van der Waals surface area contributed by atoms with Crippen molar-refractivity contribution in [1.29, 1.82) is 0 Å². The molecule has 0 spiro atoms. The normalized spacial score (nSPS) is 16.4. The van der Waals surface area contributed by atoms with E-state index in [1.165, 1.54) is 24.5 Å². The van der Waals surface area contributed by atoms with Gasteiger partial charge in [0.1, 0.15) is 5.82 Å². The molecule has 0 bridgehead atoms. The maximum Gasteiger partial charge on any atom is 0.142 e. The number of aromatic nitrogens is 1. The van der Waals surface area contributed by atoms with Crippen molar-refractivity contribution < 1.29 is 4.39 Å². The lowest BCUT2D eigenvalue weighted by atomic mass is 10.1. The van der Waals surface area contributed by atoms with Gasteiger partial charge in [-0.15, -0.1) is 0 Å². The average Bonchev–Trinajstić information content (AvgIpc) is 3.16. The van der Waals surface area contributed by atoms with Crippen LogP contribution in [0, 0.1) is 11.7 Å². The van der Waals surface area contributed by atoms with E-state index in [2.05, 4.69) is 22.1 Å². The Morgan fingerprint density at radius 1 is 1.40 bits per heavy atom. The van der Waals surface area contributed by atoms with Crippen LogP contribution in [-0.4, -0.2) is 11.6 Å². The van der Waals surface area contributed by atoms with E-state index >= 15 is 0 Å². The van der Waals surface area contributed by atoms with E-state index in [9.17, 15) is 4.39 Å². The zero-order valence-electron chi connectivity index (χ0n) is 11.4. The summed E-state index contributed by atoms with van der Waals surface area (Å²) < 4.78 is 15.5. The molecule has 1 atom stereocenters. The van der Waals surface area contributed by atoms with Crippen LogP contribution in [0.4, 0.5) is 4.39 Å². The van der Waals surface area contributed by atoms with Crippen LogP contribution in [0.25, 0.3) is 0 Å². The van der Waals surface area contributed by atoms with Crippen LogP contribution in [0.3, 0.4) is 0 Å². The van der Waals surface area contributed by atoms with Crippen molar-refractivity contribution in [2.45, 2.75) is 25.4 Å². The Morgan fingerprint density at radius 2 is 2.20 bits per heavy atom. The Bertz CT molecular complexity index is 604. The molecule has 1 fully saturated rings. The molecular weight excluding hydrogens is 275 g/mol. The second-order valence-electron chi connectivity index (χ2n) is 5.43. The minimum atomic E-state index is -0.359. The van der Waals surface area contributed by atoms with E-state index < -0.39 is 0 Å². The Labute approximate surface area is 123 Å². The highest BCUT2D eigenvalue weighted by atomic mass is 35.5. The fourth-order valence-electron chi connectivity index (χ4n) is 2.71. The maximum atomic E-state index is 13.4. The van der Waals surface area contributed by atoms with Gasteiger partial charge in [-0.1, -0.05) is 23.7 Å². The molecule has 1 heterocycles. The van der Waals surface area contributed by atoms with E-state index in [1.54, 1.807) is 6.07 Å². The standard InChI is InChI=1S/C16H18ClFN2/c1-19-16(11-5-6-11)13-7-8-20(10-13)9-12-3-2-4-14(18)15(12)17/h2-4,7-8,10-11,16,19H,5-6,9H2,1H3. The molecule has 2 nitrogen and oxygen atoms in total. The first-order chi connectivity index (χ1) is 9.69. The van der Waals surface area contributed by atoms with Gasteiger partial charge in [0.2, 0.25) is 0 Å². The molecule has 1 aliphatic rings. The van der Waals surface area contributed by atoms with Crippen molar-refractivity contribution in [3.63, 3.8) is 0 Å². The Morgan fingerprint density at radius 3 is 2.90 bits per heavy atom.